The second-order valence-electron chi connectivity index (χ2n) is 5.72. The minimum atomic E-state index is 0. The molecule has 1 saturated heterocycles. The van der Waals surface area contributed by atoms with Crippen LogP contribution in [0.2, 0.25) is 0 Å². The van der Waals surface area contributed by atoms with Gasteiger partial charge in [-0.2, -0.15) is 0 Å². The van der Waals surface area contributed by atoms with Gasteiger partial charge in [-0.25, -0.2) is 4.98 Å². The summed E-state index contributed by atoms with van der Waals surface area (Å²) in [5, 5.41) is 0. The quantitative estimate of drug-likeness (QED) is 0.745. The second kappa shape index (κ2) is 9.15. The van der Waals surface area contributed by atoms with Gasteiger partial charge in [0.05, 0.1) is 5.56 Å². The molecule has 0 spiro atoms. The van der Waals surface area contributed by atoms with Crippen molar-refractivity contribution < 1.29 is 4.79 Å². The number of hydrogen-bond acceptors (Lipinski definition) is 4. The highest BCUT2D eigenvalue weighted by atomic mass is 35.5. The summed E-state index contributed by atoms with van der Waals surface area (Å²) in [6.07, 6.45) is 3.85. The summed E-state index contributed by atoms with van der Waals surface area (Å²) >= 11 is 1.73. The molecule has 5 nitrogen and oxygen atoms in total. The monoisotopic (exact) mass is 380 g/mol. The SMILES string of the molecule is CCSc1ccccc1C(=O)N1CCN(c2nccn2CC)CC1.Cl. The molecule has 0 bridgehead atoms. The maximum atomic E-state index is 12.9. The number of piperazine rings is 1. The summed E-state index contributed by atoms with van der Waals surface area (Å²) in [7, 11) is 0. The van der Waals surface area contributed by atoms with E-state index in [9.17, 15) is 4.79 Å². The molecule has 1 amide bonds. The Labute approximate surface area is 159 Å². The van der Waals surface area contributed by atoms with E-state index in [0.717, 1.165) is 54.9 Å². The largest absolute Gasteiger partial charge is 0.339 e. The Morgan fingerprint density at radius 3 is 2.56 bits per heavy atom. The van der Waals surface area contributed by atoms with Crippen molar-refractivity contribution in [2.75, 3.05) is 36.8 Å². The molecular weight excluding hydrogens is 356 g/mol. The van der Waals surface area contributed by atoms with Crippen LogP contribution in [0.4, 0.5) is 5.95 Å². The molecule has 136 valence electrons. The third-order valence-electron chi connectivity index (χ3n) is 4.30. The molecule has 0 saturated carbocycles. The van der Waals surface area contributed by atoms with Crippen molar-refractivity contribution in [3.05, 3.63) is 42.2 Å². The van der Waals surface area contributed by atoms with Gasteiger partial charge in [0.2, 0.25) is 5.95 Å². The lowest BCUT2D eigenvalue weighted by molar-refractivity contribution is 0.0742. The van der Waals surface area contributed by atoms with Gasteiger partial charge in [0.25, 0.3) is 5.91 Å². The molecular formula is C18H25ClN4OS. The minimum Gasteiger partial charge on any atom is -0.339 e. The summed E-state index contributed by atoms with van der Waals surface area (Å²) in [5.74, 6) is 2.12. The molecule has 0 unspecified atom stereocenters. The van der Waals surface area contributed by atoms with Crippen LogP contribution < -0.4 is 4.90 Å². The molecule has 7 heteroatoms. The normalized spacial score (nSPS) is 14.3. The number of rotatable bonds is 5. The summed E-state index contributed by atoms with van der Waals surface area (Å²) in [6, 6.07) is 7.92. The van der Waals surface area contributed by atoms with E-state index < -0.39 is 0 Å². The molecule has 0 aliphatic carbocycles. The zero-order valence-corrected chi connectivity index (χ0v) is 16.4. The van der Waals surface area contributed by atoms with Gasteiger partial charge >= 0.3 is 0 Å². The summed E-state index contributed by atoms with van der Waals surface area (Å²) in [6.45, 7) is 8.27. The van der Waals surface area contributed by atoms with Gasteiger partial charge < -0.3 is 14.4 Å². The van der Waals surface area contributed by atoms with E-state index in [1.54, 1.807) is 11.8 Å². The zero-order valence-electron chi connectivity index (χ0n) is 14.7. The van der Waals surface area contributed by atoms with Gasteiger partial charge in [-0.05, 0) is 24.8 Å². The number of aromatic nitrogens is 2. The van der Waals surface area contributed by atoms with Crippen LogP contribution in [-0.2, 0) is 6.54 Å². The van der Waals surface area contributed by atoms with Gasteiger partial charge in [-0.3, -0.25) is 4.79 Å². The Kier molecular flexibility index (Phi) is 7.20. The molecule has 0 atom stereocenters. The maximum Gasteiger partial charge on any atom is 0.255 e. The van der Waals surface area contributed by atoms with Crippen LogP contribution in [-0.4, -0.2) is 52.3 Å². The predicted molar refractivity (Wildman–Crippen MR) is 106 cm³/mol. The van der Waals surface area contributed by atoms with E-state index in [0.29, 0.717) is 0 Å². The minimum absolute atomic E-state index is 0. The Balaban J connectivity index is 0.00000225. The number of carbonyl (C=O) groups excluding carboxylic acids is 1. The van der Waals surface area contributed by atoms with Crippen molar-refractivity contribution in [1.82, 2.24) is 14.5 Å². The number of hydrogen-bond donors (Lipinski definition) is 0. The first-order valence-electron chi connectivity index (χ1n) is 8.51. The Bertz CT molecular complexity index is 698. The van der Waals surface area contributed by atoms with Gasteiger partial charge in [-0.15, -0.1) is 24.2 Å². The zero-order chi connectivity index (χ0) is 16.9. The number of imidazole rings is 1. The molecule has 1 aromatic heterocycles. The maximum absolute atomic E-state index is 12.9. The molecule has 2 aromatic rings. The lowest BCUT2D eigenvalue weighted by atomic mass is 10.2. The van der Waals surface area contributed by atoms with E-state index in [4.69, 9.17) is 0 Å². The first-order valence-corrected chi connectivity index (χ1v) is 9.50. The van der Waals surface area contributed by atoms with Crippen LogP contribution in [0.25, 0.3) is 0 Å². The van der Waals surface area contributed by atoms with Crippen LogP contribution in [0.5, 0.6) is 0 Å². The van der Waals surface area contributed by atoms with Crippen molar-refractivity contribution in [2.24, 2.45) is 0 Å². The first-order chi connectivity index (χ1) is 11.7. The van der Waals surface area contributed by atoms with Crippen LogP contribution in [0, 0.1) is 0 Å². The number of aryl methyl sites for hydroxylation is 1. The standard InChI is InChI=1S/C18H24N4OS.ClH/c1-3-20-10-9-19-18(20)22-13-11-21(12-14-22)17(23)15-7-5-6-8-16(15)24-4-2;/h5-10H,3-4,11-14H2,1-2H3;1H. The fourth-order valence-corrected chi connectivity index (χ4v) is 3.83. The lowest BCUT2D eigenvalue weighted by Gasteiger charge is -2.35. The molecule has 1 aliphatic heterocycles. The third-order valence-corrected chi connectivity index (χ3v) is 5.26. The Morgan fingerprint density at radius 1 is 1.16 bits per heavy atom. The molecule has 3 rings (SSSR count). The van der Waals surface area contributed by atoms with Crippen molar-refractivity contribution in [3.8, 4) is 0 Å². The number of thioether (sulfide) groups is 1. The number of amides is 1. The number of carbonyl (C=O) groups is 1. The van der Waals surface area contributed by atoms with Crippen molar-refractivity contribution >= 4 is 36.0 Å². The van der Waals surface area contributed by atoms with Gasteiger partial charge in [0.15, 0.2) is 0 Å². The van der Waals surface area contributed by atoms with E-state index in [-0.39, 0.29) is 18.3 Å². The highest BCUT2D eigenvalue weighted by molar-refractivity contribution is 7.99. The molecule has 0 N–H and O–H groups in total. The van der Waals surface area contributed by atoms with Crippen molar-refractivity contribution in [3.63, 3.8) is 0 Å². The van der Waals surface area contributed by atoms with E-state index >= 15 is 0 Å². The predicted octanol–water partition coefficient (Wildman–Crippen LogP) is 3.40. The Morgan fingerprint density at radius 2 is 1.88 bits per heavy atom. The fraction of sp³-hybridized carbons (Fsp3) is 0.444. The summed E-state index contributed by atoms with van der Waals surface area (Å²) < 4.78 is 2.14. The highest BCUT2D eigenvalue weighted by Gasteiger charge is 2.25. The molecule has 1 aromatic carbocycles. The Hall–Kier alpha value is -1.66. The van der Waals surface area contributed by atoms with Crippen LogP contribution in [0.3, 0.4) is 0 Å². The smallest absolute Gasteiger partial charge is 0.255 e. The van der Waals surface area contributed by atoms with Gasteiger partial charge in [0, 0.05) is 50.0 Å². The van der Waals surface area contributed by atoms with Crippen molar-refractivity contribution in [1.29, 1.82) is 0 Å². The third kappa shape index (κ3) is 4.30. The number of nitrogens with zero attached hydrogens (tertiary/aromatic N) is 4. The lowest BCUT2D eigenvalue weighted by Crippen LogP contribution is -2.49. The molecule has 0 radical (unpaired) electrons. The average Bonchev–Trinajstić information content (AvgIpc) is 3.11. The molecule has 25 heavy (non-hydrogen) atoms. The first kappa shape index (κ1) is 19.7. The van der Waals surface area contributed by atoms with E-state index in [1.807, 2.05) is 41.6 Å². The highest BCUT2D eigenvalue weighted by Crippen LogP contribution is 2.24. The molecule has 1 aliphatic rings. The second-order valence-corrected chi connectivity index (χ2v) is 7.03. The summed E-state index contributed by atoms with van der Waals surface area (Å²) in [4.78, 5) is 22.6. The summed E-state index contributed by atoms with van der Waals surface area (Å²) in [5.41, 5.74) is 0.827. The van der Waals surface area contributed by atoms with Crippen LogP contribution in [0.15, 0.2) is 41.6 Å². The van der Waals surface area contributed by atoms with E-state index in [1.165, 1.54) is 0 Å². The number of anilines is 1. The number of benzene rings is 1. The fourth-order valence-electron chi connectivity index (χ4n) is 3.04. The average molecular weight is 381 g/mol. The van der Waals surface area contributed by atoms with E-state index in [2.05, 4.69) is 28.3 Å². The topological polar surface area (TPSA) is 41.4 Å². The van der Waals surface area contributed by atoms with Crippen LogP contribution in [0.1, 0.15) is 24.2 Å². The van der Waals surface area contributed by atoms with Crippen LogP contribution >= 0.6 is 24.2 Å². The van der Waals surface area contributed by atoms with Gasteiger partial charge in [0.1, 0.15) is 0 Å². The molecule has 2 heterocycles. The van der Waals surface area contributed by atoms with Gasteiger partial charge in [-0.1, -0.05) is 19.1 Å². The van der Waals surface area contributed by atoms with Crippen molar-refractivity contribution in [2.45, 2.75) is 25.3 Å². The number of halogens is 1. The molecule has 1 fully saturated rings.